The normalized spacial score (nSPS) is 18.2. The average Bonchev–Trinajstić information content (AvgIpc) is 3.14. The van der Waals surface area contributed by atoms with Gasteiger partial charge in [-0.25, -0.2) is 0 Å². The molecule has 1 saturated heterocycles. The first-order valence-corrected chi connectivity index (χ1v) is 7.59. The van der Waals surface area contributed by atoms with Gasteiger partial charge in [0.15, 0.2) is 5.82 Å². The van der Waals surface area contributed by atoms with Gasteiger partial charge in [-0.2, -0.15) is 18.2 Å². The molecule has 2 aromatic rings. The molecule has 0 radical (unpaired) electrons. The fourth-order valence-electron chi connectivity index (χ4n) is 2.66. The number of nitrogens with zero attached hydrogens (tertiary/aromatic N) is 3. The van der Waals surface area contributed by atoms with Crippen molar-refractivity contribution >= 4 is 17.5 Å². The van der Waals surface area contributed by atoms with E-state index in [9.17, 15) is 18.0 Å². The van der Waals surface area contributed by atoms with Gasteiger partial charge in [-0.05, 0) is 31.5 Å². The molecular weight excluding hydrogens is 347 g/mol. The summed E-state index contributed by atoms with van der Waals surface area (Å²) in [5.41, 5.74) is -1.06. The molecule has 128 valence electrons. The summed E-state index contributed by atoms with van der Waals surface area (Å²) in [4.78, 5) is 18.1. The van der Waals surface area contributed by atoms with Crippen LogP contribution in [0.5, 0.6) is 0 Å². The quantitative estimate of drug-likeness (QED) is 0.820. The summed E-state index contributed by atoms with van der Waals surface area (Å²) in [5.74, 6) is 0.262. The minimum atomic E-state index is -4.53. The topological polar surface area (TPSA) is 59.2 Å². The average molecular weight is 360 g/mol. The lowest BCUT2D eigenvalue weighted by Gasteiger charge is -2.18. The molecule has 1 atom stereocenters. The van der Waals surface area contributed by atoms with Gasteiger partial charge in [0.25, 0.3) is 5.91 Å². The molecule has 1 fully saturated rings. The number of carbonyl (C=O) groups excluding carboxylic acids is 1. The Labute approximate surface area is 140 Å². The number of aromatic nitrogens is 2. The van der Waals surface area contributed by atoms with Gasteiger partial charge in [0.05, 0.1) is 22.1 Å². The van der Waals surface area contributed by atoms with Gasteiger partial charge in [-0.3, -0.25) is 4.79 Å². The second-order valence-corrected chi connectivity index (χ2v) is 6.02. The highest BCUT2D eigenvalue weighted by molar-refractivity contribution is 6.33. The van der Waals surface area contributed by atoms with Crippen LogP contribution in [0.1, 0.15) is 40.0 Å². The van der Waals surface area contributed by atoms with E-state index in [1.807, 2.05) is 0 Å². The van der Waals surface area contributed by atoms with E-state index in [1.165, 1.54) is 4.90 Å². The van der Waals surface area contributed by atoms with Crippen molar-refractivity contribution in [3.05, 3.63) is 46.1 Å². The molecule has 1 unspecified atom stereocenters. The van der Waals surface area contributed by atoms with Crippen LogP contribution in [0, 0.1) is 6.92 Å². The van der Waals surface area contributed by atoms with Crippen LogP contribution in [0.15, 0.2) is 22.7 Å². The molecule has 0 saturated carbocycles. The van der Waals surface area contributed by atoms with Crippen LogP contribution in [-0.2, 0) is 6.18 Å². The van der Waals surface area contributed by atoms with Gasteiger partial charge in [-0.1, -0.05) is 16.8 Å². The Morgan fingerprint density at radius 3 is 2.79 bits per heavy atom. The zero-order valence-corrected chi connectivity index (χ0v) is 13.4. The summed E-state index contributed by atoms with van der Waals surface area (Å²) < 4.78 is 43.6. The van der Waals surface area contributed by atoms with Gasteiger partial charge in [0.2, 0.25) is 5.89 Å². The van der Waals surface area contributed by atoms with Crippen molar-refractivity contribution < 1.29 is 22.5 Å². The van der Waals surface area contributed by atoms with Crippen molar-refractivity contribution in [1.82, 2.24) is 15.0 Å². The highest BCUT2D eigenvalue weighted by atomic mass is 35.5. The van der Waals surface area contributed by atoms with Crippen LogP contribution in [0.2, 0.25) is 5.02 Å². The Kier molecular flexibility index (Phi) is 4.25. The van der Waals surface area contributed by atoms with Crippen LogP contribution in [0.25, 0.3) is 0 Å². The molecule has 1 aromatic carbocycles. The van der Waals surface area contributed by atoms with Crippen LogP contribution in [0.3, 0.4) is 0 Å². The Hall–Kier alpha value is -2.09. The molecule has 2 heterocycles. The number of amides is 1. The third-order valence-electron chi connectivity index (χ3n) is 3.89. The summed E-state index contributed by atoms with van der Waals surface area (Å²) >= 11 is 5.92. The summed E-state index contributed by atoms with van der Waals surface area (Å²) in [6, 6.07) is 2.73. The first kappa shape index (κ1) is 16.8. The van der Waals surface area contributed by atoms with E-state index in [2.05, 4.69) is 10.1 Å². The second-order valence-electron chi connectivity index (χ2n) is 5.61. The smallest absolute Gasteiger partial charge is 0.339 e. The van der Waals surface area contributed by atoms with Crippen molar-refractivity contribution in [3.8, 4) is 0 Å². The van der Waals surface area contributed by atoms with Gasteiger partial charge in [0.1, 0.15) is 0 Å². The van der Waals surface area contributed by atoms with Gasteiger partial charge >= 0.3 is 6.18 Å². The molecule has 0 bridgehead atoms. The molecule has 1 amide bonds. The Morgan fingerprint density at radius 2 is 2.17 bits per heavy atom. The largest absolute Gasteiger partial charge is 0.416 e. The number of halogens is 4. The van der Waals surface area contributed by atoms with E-state index >= 15 is 0 Å². The zero-order valence-electron chi connectivity index (χ0n) is 12.6. The fourth-order valence-corrected chi connectivity index (χ4v) is 2.86. The molecule has 3 rings (SSSR count). The summed E-state index contributed by atoms with van der Waals surface area (Å²) in [6.07, 6.45) is -3.93. The highest BCUT2D eigenvalue weighted by Gasteiger charge is 2.35. The van der Waals surface area contributed by atoms with Gasteiger partial charge in [0, 0.05) is 13.1 Å². The van der Waals surface area contributed by atoms with E-state index in [-0.39, 0.29) is 16.5 Å². The number of benzene rings is 1. The maximum absolute atomic E-state index is 12.8. The first-order valence-electron chi connectivity index (χ1n) is 7.22. The number of rotatable bonds is 2. The maximum Gasteiger partial charge on any atom is 0.416 e. The van der Waals surface area contributed by atoms with Crippen molar-refractivity contribution in [2.24, 2.45) is 0 Å². The Bertz CT molecular complexity index is 776. The third kappa shape index (κ3) is 3.24. The molecule has 1 aliphatic rings. The standard InChI is InChI=1S/C15H13ClF3N3O2/c1-8-20-13(24-21-8)9-4-5-22(7-9)14(23)11-6-10(15(17,18)19)2-3-12(11)16/h2-3,6,9H,4-5,7H2,1H3. The fraction of sp³-hybridized carbons (Fsp3) is 0.400. The molecule has 1 aromatic heterocycles. The van der Waals surface area contributed by atoms with E-state index in [0.717, 1.165) is 18.2 Å². The zero-order chi connectivity index (χ0) is 17.5. The molecule has 5 nitrogen and oxygen atoms in total. The van der Waals surface area contributed by atoms with Gasteiger partial charge < -0.3 is 9.42 Å². The number of hydrogen-bond acceptors (Lipinski definition) is 4. The van der Waals surface area contributed by atoms with Crippen LogP contribution in [-0.4, -0.2) is 34.0 Å². The lowest BCUT2D eigenvalue weighted by Crippen LogP contribution is -2.29. The van der Waals surface area contributed by atoms with E-state index in [0.29, 0.717) is 31.2 Å². The lowest BCUT2D eigenvalue weighted by molar-refractivity contribution is -0.137. The van der Waals surface area contributed by atoms with Crippen LogP contribution >= 0.6 is 11.6 Å². The Balaban J connectivity index is 1.80. The van der Waals surface area contributed by atoms with E-state index in [1.54, 1.807) is 6.92 Å². The van der Waals surface area contributed by atoms with Crippen molar-refractivity contribution in [2.45, 2.75) is 25.4 Å². The van der Waals surface area contributed by atoms with Crippen molar-refractivity contribution in [2.75, 3.05) is 13.1 Å². The summed E-state index contributed by atoms with van der Waals surface area (Å²) in [5, 5.41) is 3.70. The molecule has 0 spiro atoms. The number of hydrogen-bond donors (Lipinski definition) is 0. The third-order valence-corrected chi connectivity index (χ3v) is 4.22. The molecule has 9 heteroatoms. The predicted molar refractivity (Wildman–Crippen MR) is 78.8 cm³/mol. The SMILES string of the molecule is Cc1noc(C2CCN(C(=O)c3cc(C(F)(F)F)ccc3Cl)C2)n1. The number of carbonyl (C=O) groups is 1. The maximum atomic E-state index is 12.8. The molecule has 24 heavy (non-hydrogen) atoms. The highest BCUT2D eigenvalue weighted by Crippen LogP contribution is 2.33. The molecule has 0 N–H and O–H groups in total. The van der Waals surface area contributed by atoms with Crippen molar-refractivity contribution in [1.29, 1.82) is 0 Å². The number of likely N-dealkylation sites (tertiary alicyclic amines) is 1. The van der Waals surface area contributed by atoms with Crippen LogP contribution < -0.4 is 0 Å². The predicted octanol–water partition coefficient (Wildman–Crippen LogP) is 3.68. The number of aryl methyl sites for hydroxylation is 1. The van der Waals surface area contributed by atoms with Crippen molar-refractivity contribution in [3.63, 3.8) is 0 Å². The monoisotopic (exact) mass is 359 g/mol. The van der Waals surface area contributed by atoms with E-state index in [4.69, 9.17) is 16.1 Å². The molecule has 1 aliphatic heterocycles. The second kappa shape index (κ2) is 6.08. The van der Waals surface area contributed by atoms with E-state index < -0.39 is 17.6 Å². The summed E-state index contributed by atoms with van der Waals surface area (Å²) in [7, 11) is 0. The minimum absolute atomic E-state index is 0.00918. The molecular formula is C15H13ClF3N3O2. The Morgan fingerprint density at radius 1 is 1.42 bits per heavy atom. The summed E-state index contributed by atoms with van der Waals surface area (Å²) in [6.45, 7) is 2.37. The van der Waals surface area contributed by atoms with Gasteiger partial charge in [-0.15, -0.1) is 0 Å². The molecule has 0 aliphatic carbocycles. The van der Waals surface area contributed by atoms with Crippen LogP contribution in [0.4, 0.5) is 13.2 Å². The lowest BCUT2D eigenvalue weighted by atomic mass is 10.1. The minimum Gasteiger partial charge on any atom is -0.339 e. The number of alkyl halides is 3. The first-order chi connectivity index (χ1) is 11.3.